The summed E-state index contributed by atoms with van der Waals surface area (Å²) in [5, 5.41) is 0.716. The van der Waals surface area contributed by atoms with Gasteiger partial charge in [-0.05, 0) is 66.9 Å². The highest BCUT2D eigenvalue weighted by Gasteiger charge is 2.02. The van der Waals surface area contributed by atoms with Gasteiger partial charge in [0.05, 0.1) is 0 Å². The van der Waals surface area contributed by atoms with Gasteiger partial charge >= 0.3 is 0 Å². The van der Waals surface area contributed by atoms with Crippen molar-refractivity contribution in [2.24, 2.45) is 0 Å². The number of nitrogens with zero attached hydrogens (tertiary/aromatic N) is 2. The number of rotatable bonds is 9. The van der Waals surface area contributed by atoms with E-state index in [0.29, 0.717) is 11.6 Å². The standard InChI is InChI=1S/C26H29ClN2O/c1-3-16-28(2)20-24-8-5-22(6-9-24)14-17-29-18-15-23(19-26(29)30)7-4-21-10-12-25(27)13-11-21/h4-13,15,18-19H,3,14,16-17,20H2,1-2H3/b7-4+. The van der Waals surface area contributed by atoms with E-state index in [1.54, 1.807) is 10.6 Å². The van der Waals surface area contributed by atoms with E-state index in [9.17, 15) is 4.79 Å². The van der Waals surface area contributed by atoms with E-state index >= 15 is 0 Å². The van der Waals surface area contributed by atoms with Crippen LogP contribution >= 0.6 is 11.6 Å². The Labute approximate surface area is 184 Å². The maximum atomic E-state index is 12.5. The highest BCUT2D eigenvalue weighted by Crippen LogP contribution is 2.12. The molecule has 4 heteroatoms. The van der Waals surface area contributed by atoms with E-state index < -0.39 is 0 Å². The van der Waals surface area contributed by atoms with Crippen LogP contribution in [-0.4, -0.2) is 23.1 Å². The van der Waals surface area contributed by atoms with Crippen LogP contribution in [-0.2, 0) is 19.5 Å². The van der Waals surface area contributed by atoms with Gasteiger partial charge in [0.25, 0.3) is 5.56 Å². The second kappa shape index (κ2) is 11.0. The molecule has 3 aromatic rings. The van der Waals surface area contributed by atoms with Gasteiger partial charge in [0.15, 0.2) is 0 Å². The number of halogens is 1. The van der Waals surface area contributed by atoms with Crippen molar-refractivity contribution in [3.63, 3.8) is 0 Å². The summed E-state index contributed by atoms with van der Waals surface area (Å²) >= 11 is 5.91. The molecular weight excluding hydrogens is 392 g/mol. The van der Waals surface area contributed by atoms with Crippen molar-refractivity contribution in [1.82, 2.24) is 9.47 Å². The van der Waals surface area contributed by atoms with Crippen molar-refractivity contribution in [3.05, 3.63) is 104 Å². The molecule has 0 unspecified atom stereocenters. The van der Waals surface area contributed by atoms with Crippen molar-refractivity contribution < 1.29 is 0 Å². The van der Waals surface area contributed by atoms with Crippen LogP contribution in [0.15, 0.2) is 71.7 Å². The van der Waals surface area contributed by atoms with Gasteiger partial charge in [-0.15, -0.1) is 0 Å². The summed E-state index contributed by atoms with van der Waals surface area (Å²) in [5.41, 5.74) is 4.53. The molecule has 0 atom stereocenters. The highest BCUT2D eigenvalue weighted by molar-refractivity contribution is 6.30. The molecule has 0 amide bonds. The van der Waals surface area contributed by atoms with E-state index in [-0.39, 0.29) is 5.56 Å². The Hall–Kier alpha value is -2.62. The van der Waals surface area contributed by atoms with E-state index in [2.05, 4.69) is 43.1 Å². The second-order valence-electron chi connectivity index (χ2n) is 7.68. The van der Waals surface area contributed by atoms with Gasteiger partial charge in [0.2, 0.25) is 0 Å². The zero-order chi connectivity index (χ0) is 21.3. The fraction of sp³-hybridized carbons (Fsp3) is 0.269. The Bertz CT molecular complexity index is 1020. The maximum Gasteiger partial charge on any atom is 0.251 e. The first-order valence-electron chi connectivity index (χ1n) is 10.4. The number of aryl methyl sites for hydroxylation is 2. The van der Waals surface area contributed by atoms with Crippen LogP contribution in [0.1, 0.15) is 35.6 Å². The van der Waals surface area contributed by atoms with Gasteiger partial charge in [0.1, 0.15) is 0 Å². The fourth-order valence-corrected chi connectivity index (χ4v) is 3.54. The fourth-order valence-electron chi connectivity index (χ4n) is 3.41. The predicted molar refractivity (Wildman–Crippen MR) is 128 cm³/mol. The van der Waals surface area contributed by atoms with Gasteiger partial charge < -0.3 is 9.47 Å². The molecule has 0 aliphatic carbocycles. The molecule has 0 radical (unpaired) electrons. The molecule has 0 aliphatic heterocycles. The van der Waals surface area contributed by atoms with Gasteiger partial charge in [0, 0.05) is 30.4 Å². The van der Waals surface area contributed by atoms with Crippen molar-refractivity contribution in [3.8, 4) is 0 Å². The van der Waals surface area contributed by atoms with Crippen LogP contribution in [0.5, 0.6) is 0 Å². The van der Waals surface area contributed by atoms with Crippen LogP contribution in [0.2, 0.25) is 5.02 Å². The first kappa shape index (κ1) is 22.1. The Morgan fingerprint density at radius 1 is 0.933 bits per heavy atom. The quantitative estimate of drug-likeness (QED) is 0.440. The zero-order valence-electron chi connectivity index (χ0n) is 17.7. The Kier molecular flexibility index (Phi) is 8.06. The molecular formula is C26H29ClN2O. The summed E-state index contributed by atoms with van der Waals surface area (Å²) < 4.78 is 1.77. The van der Waals surface area contributed by atoms with Crippen LogP contribution in [0.4, 0.5) is 0 Å². The number of hydrogen-bond acceptors (Lipinski definition) is 2. The van der Waals surface area contributed by atoms with E-state index in [0.717, 1.165) is 30.6 Å². The van der Waals surface area contributed by atoms with Gasteiger partial charge in [-0.2, -0.15) is 0 Å². The summed E-state index contributed by atoms with van der Waals surface area (Å²) in [6.07, 6.45) is 7.81. The summed E-state index contributed by atoms with van der Waals surface area (Å²) in [6, 6.07) is 20.0. The lowest BCUT2D eigenvalue weighted by atomic mass is 10.1. The molecule has 0 fully saturated rings. The first-order chi connectivity index (χ1) is 14.5. The largest absolute Gasteiger partial charge is 0.315 e. The molecule has 2 aromatic carbocycles. The molecule has 0 saturated carbocycles. The highest BCUT2D eigenvalue weighted by atomic mass is 35.5. The normalized spacial score (nSPS) is 11.5. The van der Waals surface area contributed by atoms with Crippen LogP contribution < -0.4 is 5.56 Å². The third-order valence-electron chi connectivity index (χ3n) is 5.08. The van der Waals surface area contributed by atoms with Gasteiger partial charge in [-0.25, -0.2) is 0 Å². The monoisotopic (exact) mass is 420 g/mol. The lowest BCUT2D eigenvalue weighted by molar-refractivity contribution is 0.327. The van der Waals surface area contributed by atoms with Crippen LogP contribution in [0.3, 0.4) is 0 Å². The second-order valence-corrected chi connectivity index (χ2v) is 8.12. The third-order valence-corrected chi connectivity index (χ3v) is 5.33. The van der Waals surface area contributed by atoms with Crippen LogP contribution in [0, 0.1) is 0 Å². The smallest absolute Gasteiger partial charge is 0.251 e. The number of aromatic nitrogens is 1. The Morgan fingerprint density at radius 3 is 2.27 bits per heavy atom. The van der Waals surface area contributed by atoms with Crippen molar-refractivity contribution in [2.75, 3.05) is 13.6 Å². The first-order valence-corrected chi connectivity index (χ1v) is 10.8. The molecule has 30 heavy (non-hydrogen) atoms. The van der Waals surface area contributed by atoms with Crippen molar-refractivity contribution in [1.29, 1.82) is 0 Å². The lowest BCUT2D eigenvalue weighted by Gasteiger charge is -2.15. The number of hydrogen-bond donors (Lipinski definition) is 0. The minimum absolute atomic E-state index is 0.0195. The molecule has 0 aliphatic rings. The maximum absolute atomic E-state index is 12.5. The molecule has 0 saturated heterocycles. The topological polar surface area (TPSA) is 25.2 Å². The molecule has 0 bridgehead atoms. The SMILES string of the molecule is CCCN(C)Cc1ccc(CCn2ccc(/C=C/c3ccc(Cl)cc3)cc2=O)cc1. The summed E-state index contributed by atoms with van der Waals surface area (Å²) in [7, 11) is 2.15. The molecule has 0 N–H and O–H groups in total. The molecule has 156 valence electrons. The molecule has 1 heterocycles. The van der Waals surface area contributed by atoms with Gasteiger partial charge in [-0.1, -0.05) is 67.1 Å². The predicted octanol–water partition coefficient (Wildman–Crippen LogP) is 5.76. The van der Waals surface area contributed by atoms with Crippen LogP contribution in [0.25, 0.3) is 12.2 Å². The summed E-state index contributed by atoms with van der Waals surface area (Å²) in [4.78, 5) is 14.8. The van der Waals surface area contributed by atoms with Gasteiger partial charge in [-0.3, -0.25) is 4.79 Å². The van der Waals surface area contributed by atoms with E-state index in [1.807, 2.05) is 48.7 Å². The summed E-state index contributed by atoms with van der Waals surface area (Å²) in [5.74, 6) is 0. The average molecular weight is 421 g/mol. The Balaban J connectivity index is 1.57. The molecule has 3 rings (SSSR count). The Morgan fingerprint density at radius 2 is 1.60 bits per heavy atom. The van der Waals surface area contributed by atoms with Crippen molar-refractivity contribution in [2.45, 2.75) is 32.9 Å². The molecule has 3 nitrogen and oxygen atoms in total. The lowest BCUT2D eigenvalue weighted by Crippen LogP contribution is -2.20. The average Bonchev–Trinajstić information content (AvgIpc) is 2.74. The molecule has 0 spiro atoms. The molecule has 1 aromatic heterocycles. The third kappa shape index (κ3) is 6.72. The number of benzene rings is 2. The zero-order valence-corrected chi connectivity index (χ0v) is 18.5. The van der Waals surface area contributed by atoms with Crippen molar-refractivity contribution >= 4 is 23.8 Å². The minimum Gasteiger partial charge on any atom is -0.315 e. The minimum atomic E-state index is 0.0195. The number of pyridine rings is 1. The van der Waals surface area contributed by atoms with E-state index in [4.69, 9.17) is 11.6 Å². The summed E-state index contributed by atoms with van der Waals surface area (Å²) in [6.45, 7) is 4.95. The van der Waals surface area contributed by atoms with E-state index in [1.165, 1.54) is 17.5 Å².